The highest BCUT2D eigenvalue weighted by atomic mass is 16.5. The summed E-state index contributed by atoms with van der Waals surface area (Å²) in [6.07, 6.45) is 10.1. The molecule has 80 valence electrons. The fraction of sp³-hybridized carbons (Fsp3) is 0.583. The van der Waals surface area contributed by atoms with Crippen LogP contribution in [0.3, 0.4) is 0 Å². The maximum Gasteiger partial charge on any atom is 0.159 e. The number of nitrogens with zero attached hydrogens (tertiary/aromatic N) is 2. The number of piperidine rings is 3. The Labute approximate surface area is 89.7 Å². The van der Waals surface area contributed by atoms with E-state index in [0.29, 0.717) is 6.04 Å². The van der Waals surface area contributed by atoms with Crippen LogP contribution in [0.25, 0.3) is 6.08 Å². The first-order chi connectivity index (χ1) is 7.42. The van der Waals surface area contributed by atoms with E-state index in [-0.39, 0.29) is 0 Å². The second kappa shape index (κ2) is 3.81. The number of aromatic nitrogens is 1. The van der Waals surface area contributed by atoms with E-state index in [2.05, 4.69) is 22.2 Å². The van der Waals surface area contributed by atoms with E-state index in [0.717, 1.165) is 11.7 Å². The van der Waals surface area contributed by atoms with Crippen molar-refractivity contribution >= 4 is 6.08 Å². The Morgan fingerprint density at radius 2 is 2.27 bits per heavy atom. The molecule has 0 aliphatic carbocycles. The summed E-state index contributed by atoms with van der Waals surface area (Å²) in [4.78, 5) is 2.58. The van der Waals surface area contributed by atoms with Crippen molar-refractivity contribution in [3.05, 3.63) is 24.1 Å². The number of fused-ring (bicyclic) bond motifs is 3. The molecular weight excluding hydrogens is 188 g/mol. The summed E-state index contributed by atoms with van der Waals surface area (Å²) in [5.41, 5.74) is 0. The van der Waals surface area contributed by atoms with Crippen LogP contribution in [0.1, 0.15) is 25.0 Å². The normalized spacial score (nSPS) is 35.1. The molecule has 1 unspecified atom stereocenters. The lowest BCUT2D eigenvalue weighted by Crippen LogP contribution is -2.47. The maximum absolute atomic E-state index is 5.05. The number of hydrogen-bond donors (Lipinski definition) is 0. The summed E-state index contributed by atoms with van der Waals surface area (Å²) < 4.78 is 5.05. The van der Waals surface area contributed by atoms with Crippen LogP contribution in [-0.2, 0) is 0 Å². The molecule has 4 heterocycles. The Kier molecular flexibility index (Phi) is 2.33. The topological polar surface area (TPSA) is 29.3 Å². The van der Waals surface area contributed by atoms with Gasteiger partial charge in [-0.3, -0.25) is 4.90 Å². The molecule has 0 amide bonds. The van der Waals surface area contributed by atoms with Crippen LogP contribution in [0.4, 0.5) is 0 Å². The second-order valence-corrected chi connectivity index (χ2v) is 4.56. The largest absolute Gasteiger partial charge is 0.357 e. The minimum Gasteiger partial charge on any atom is -0.357 e. The van der Waals surface area contributed by atoms with Gasteiger partial charge in [0.2, 0.25) is 0 Å². The van der Waals surface area contributed by atoms with Gasteiger partial charge in [-0.15, -0.1) is 0 Å². The lowest BCUT2D eigenvalue weighted by Gasteiger charge is -2.44. The van der Waals surface area contributed by atoms with Gasteiger partial charge in [-0.05, 0) is 44.3 Å². The van der Waals surface area contributed by atoms with Crippen LogP contribution in [0.15, 0.2) is 22.9 Å². The van der Waals surface area contributed by atoms with Crippen LogP contribution in [0.2, 0.25) is 0 Å². The molecule has 15 heavy (non-hydrogen) atoms. The quantitative estimate of drug-likeness (QED) is 0.739. The monoisotopic (exact) mass is 204 g/mol. The van der Waals surface area contributed by atoms with Crippen molar-refractivity contribution in [3.8, 4) is 0 Å². The Morgan fingerprint density at radius 3 is 2.87 bits per heavy atom. The minimum absolute atomic E-state index is 0.627. The highest BCUT2D eigenvalue weighted by Gasteiger charge is 2.31. The first-order valence-electron chi connectivity index (χ1n) is 5.75. The van der Waals surface area contributed by atoms with Gasteiger partial charge in [-0.25, -0.2) is 0 Å². The summed E-state index contributed by atoms with van der Waals surface area (Å²) in [7, 11) is 0. The molecule has 0 spiro atoms. The van der Waals surface area contributed by atoms with Crippen molar-refractivity contribution in [2.75, 3.05) is 13.1 Å². The molecule has 1 atom stereocenters. The van der Waals surface area contributed by atoms with Gasteiger partial charge in [0.1, 0.15) is 0 Å². The molecule has 2 bridgehead atoms. The molecule has 1 aromatic heterocycles. The highest BCUT2D eigenvalue weighted by Crippen LogP contribution is 2.32. The van der Waals surface area contributed by atoms with Crippen molar-refractivity contribution in [3.63, 3.8) is 0 Å². The van der Waals surface area contributed by atoms with Gasteiger partial charge in [-0.1, -0.05) is 11.2 Å². The number of hydrogen-bond acceptors (Lipinski definition) is 3. The van der Waals surface area contributed by atoms with Crippen molar-refractivity contribution in [1.29, 1.82) is 0 Å². The van der Waals surface area contributed by atoms with E-state index >= 15 is 0 Å². The van der Waals surface area contributed by atoms with Crippen LogP contribution >= 0.6 is 0 Å². The molecule has 3 nitrogen and oxygen atoms in total. The van der Waals surface area contributed by atoms with E-state index in [1.165, 1.54) is 32.4 Å². The van der Waals surface area contributed by atoms with Gasteiger partial charge in [0.05, 0.1) is 6.20 Å². The molecule has 3 saturated heterocycles. The zero-order valence-electron chi connectivity index (χ0n) is 8.80. The smallest absolute Gasteiger partial charge is 0.159 e. The molecule has 4 rings (SSSR count). The minimum atomic E-state index is 0.627. The summed E-state index contributed by atoms with van der Waals surface area (Å²) in [6, 6.07) is 2.52. The van der Waals surface area contributed by atoms with E-state index in [4.69, 9.17) is 4.52 Å². The van der Waals surface area contributed by atoms with Gasteiger partial charge >= 0.3 is 0 Å². The SMILES string of the molecule is C(=C\C1CC2CCN1CC2)/c1ccno1. The third kappa shape index (κ3) is 1.84. The van der Waals surface area contributed by atoms with E-state index < -0.39 is 0 Å². The Hall–Kier alpha value is -1.09. The third-order valence-electron chi connectivity index (χ3n) is 3.63. The first kappa shape index (κ1) is 9.16. The van der Waals surface area contributed by atoms with E-state index in [9.17, 15) is 0 Å². The molecular formula is C12H16N2O. The Morgan fingerprint density at radius 1 is 1.40 bits per heavy atom. The molecule has 1 aromatic rings. The van der Waals surface area contributed by atoms with Crippen LogP contribution < -0.4 is 0 Å². The van der Waals surface area contributed by atoms with Crippen molar-refractivity contribution in [2.45, 2.75) is 25.3 Å². The fourth-order valence-corrected chi connectivity index (χ4v) is 2.73. The highest BCUT2D eigenvalue weighted by molar-refractivity contribution is 5.42. The Bertz CT molecular complexity index is 337. The third-order valence-corrected chi connectivity index (χ3v) is 3.63. The van der Waals surface area contributed by atoms with Gasteiger partial charge in [0.25, 0.3) is 0 Å². The van der Waals surface area contributed by atoms with Crippen molar-refractivity contribution in [1.82, 2.24) is 10.1 Å². The molecule has 3 aliphatic heterocycles. The van der Waals surface area contributed by atoms with Crippen molar-refractivity contribution in [2.24, 2.45) is 5.92 Å². The van der Waals surface area contributed by atoms with Crippen LogP contribution in [0, 0.1) is 5.92 Å². The predicted molar refractivity (Wildman–Crippen MR) is 58.2 cm³/mol. The van der Waals surface area contributed by atoms with Gasteiger partial charge < -0.3 is 4.52 Å². The summed E-state index contributed by atoms with van der Waals surface area (Å²) >= 11 is 0. The fourth-order valence-electron chi connectivity index (χ4n) is 2.73. The summed E-state index contributed by atoms with van der Waals surface area (Å²) in [5, 5.41) is 3.69. The molecule has 0 aromatic carbocycles. The zero-order chi connectivity index (χ0) is 10.1. The molecule has 3 aliphatic rings. The zero-order valence-corrected chi connectivity index (χ0v) is 8.80. The van der Waals surface area contributed by atoms with E-state index in [1.807, 2.05) is 6.07 Å². The standard InChI is InChI=1S/C12H16N2O/c1(2-12-3-6-13-15-12)11-9-10-4-7-14(11)8-5-10/h1-3,6,10-11H,4-5,7-9H2/b2-1+. The average molecular weight is 204 g/mol. The van der Waals surface area contributed by atoms with Gasteiger partial charge in [-0.2, -0.15) is 0 Å². The molecule has 3 heteroatoms. The predicted octanol–water partition coefficient (Wildman–Crippen LogP) is 2.17. The molecule has 0 saturated carbocycles. The molecule has 0 N–H and O–H groups in total. The van der Waals surface area contributed by atoms with Crippen LogP contribution in [-0.4, -0.2) is 29.2 Å². The lowest BCUT2D eigenvalue weighted by molar-refractivity contribution is 0.0740. The summed E-state index contributed by atoms with van der Waals surface area (Å²) in [6.45, 7) is 2.55. The maximum atomic E-state index is 5.05. The van der Waals surface area contributed by atoms with Crippen molar-refractivity contribution < 1.29 is 4.52 Å². The van der Waals surface area contributed by atoms with Gasteiger partial charge in [0, 0.05) is 12.1 Å². The first-order valence-corrected chi connectivity index (χ1v) is 5.75. The lowest BCUT2D eigenvalue weighted by atomic mass is 9.83. The Balaban J connectivity index is 1.68. The molecule has 0 radical (unpaired) electrons. The van der Waals surface area contributed by atoms with Crippen LogP contribution in [0.5, 0.6) is 0 Å². The van der Waals surface area contributed by atoms with Gasteiger partial charge in [0.15, 0.2) is 5.76 Å². The van der Waals surface area contributed by atoms with E-state index in [1.54, 1.807) is 6.20 Å². The number of rotatable bonds is 2. The average Bonchev–Trinajstić information content (AvgIpc) is 2.81. The second-order valence-electron chi connectivity index (χ2n) is 4.56. The molecule has 3 fully saturated rings. The summed E-state index contributed by atoms with van der Waals surface area (Å²) in [5.74, 6) is 1.82.